The number of ether oxygens (including phenoxy) is 1. The van der Waals surface area contributed by atoms with Gasteiger partial charge in [-0.2, -0.15) is 0 Å². The van der Waals surface area contributed by atoms with E-state index in [1.165, 1.54) is 7.11 Å². The number of aryl methyl sites for hydroxylation is 2. The Morgan fingerprint density at radius 2 is 1.65 bits per heavy atom. The van der Waals surface area contributed by atoms with Crippen LogP contribution in [0.3, 0.4) is 0 Å². The quantitative estimate of drug-likeness (QED) is 0.783. The molecule has 5 heteroatoms. The van der Waals surface area contributed by atoms with Gasteiger partial charge in [-0.25, -0.2) is 8.42 Å². The van der Waals surface area contributed by atoms with Crippen molar-refractivity contribution in [2.24, 2.45) is 5.92 Å². The van der Waals surface area contributed by atoms with Crippen molar-refractivity contribution in [1.29, 1.82) is 0 Å². The zero-order valence-corrected chi connectivity index (χ0v) is 13.5. The normalized spacial score (nSPS) is 14.7. The highest BCUT2D eigenvalue weighted by molar-refractivity contribution is 7.91. The largest absolute Gasteiger partial charge is 0.469 e. The number of benzene rings is 1. The van der Waals surface area contributed by atoms with Crippen LogP contribution in [0.5, 0.6) is 0 Å². The molecule has 0 saturated heterocycles. The first-order valence-electron chi connectivity index (χ1n) is 6.54. The summed E-state index contributed by atoms with van der Waals surface area (Å²) >= 11 is 0. The Labute approximate surface area is 121 Å². The Morgan fingerprint density at radius 1 is 1.15 bits per heavy atom. The summed E-state index contributed by atoms with van der Waals surface area (Å²) in [6.45, 7) is 7.00. The van der Waals surface area contributed by atoms with Gasteiger partial charge in [-0.3, -0.25) is 4.79 Å². The summed E-state index contributed by atoms with van der Waals surface area (Å²) in [6.07, 6.45) is 0. The van der Waals surface area contributed by atoms with Crippen LogP contribution in [-0.2, 0) is 25.1 Å². The molecular weight excluding hydrogens is 276 g/mol. The van der Waals surface area contributed by atoms with Crippen molar-refractivity contribution >= 4 is 15.8 Å². The summed E-state index contributed by atoms with van der Waals surface area (Å²) in [7, 11) is -2.14. The number of carbonyl (C=O) groups excluding carboxylic acids is 1. The number of rotatable bonds is 5. The van der Waals surface area contributed by atoms with Crippen LogP contribution < -0.4 is 0 Å². The van der Waals surface area contributed by atoms with Gasteiger partial charge in [0.05, 0.1) is 24.0 Å². The van der Waals surface area contributed by atoms with Gasteiger partial charge in [0.25, 0.3) is 0 Å². The highest BCUT2D eigenvalue weighted by Gasteiger charge is 2.31. The molecule has 0 radical (unpaired) electrons. The minimum Gasteiger partial charge on any atom is -0.469 e. The van der Waals surface area contributed by atoms with Crippen molar-refractivity contribution in [3.63, 3.8) is 0 Å². The molecule has 1 aromatic carbocycles. The van der Waals surface area contributed by atoms with E-state index in [2.05, 4.69) is 4.74 Å². The van der Waals surface area contributed by atoms with Crippen LogP contribution >= 0.6 is 0 Å². The summed E-state index contributed by atoms with van der Waals surface area (Å²) in [6, 6.07) is 5.72. The van der Waals surface area contributed by atoms with Crippen LogP contribution in [-0.4, -0.2) is 26.7 Å². The fraction of sp³-hybridized carbons (Fsp3) is 0.533. The molecule has 0 N–H and O–H groups in total. The van der Waals surface area contributed by atoms with E-state index in [1.807, 2.05) is 32.0 Å². The summed E-state index contributed by atoms with van der Waals surface area (Å²) in [5.41, 5.74) is 2.82. The molecule has 0 heterocycles. The lowest BCUT2D eigenvalue weighted by Gasteiger charge is -2.18. The molecular formula is C15H22O4S. The smallest absolute Gasteiger partial charge is 0.309 e. The molecule has 1 aromatic rings. The Bertz CT molecular complexity index is 570. The summed E-state index contributed by atoms with van der Waals surface area (Å²) < 4.78 is 29.4. The highest BCUT2D eigenvalue weighted by atomic mass is 32.2. The minimum absolute atomic E-state index is 0.0575. The Kier molecular flexibility index (Phi) is 5.34. The third-order valence-corrected chi connectivity index (χ3v) is 5.77. The van der Waals surface area contributed by atoms with Crippen LogP contribution in [0.4, 0.5) is 0 Å². The molecule has 0 saturated carbocycles. The second kappa shape index (κ2) is 6.39. The molecule has 112 valence electrons. The van der Waals surface area contributed by atoms with Crippen molar-refractivity contribution < 1.29 is 17.9 Å². The first-order chi connectivity index (χ1) is 9.17. The minimum atomic E-state index is -3.40. The van der Waals surface area contributed by atoms with Crippen LogP contribution in [0.2, 0.25) is 0 Å². The molecule has 2 unspecified atom stereocenters. The molecule has 0 fully saturated rings. The van der Waals surface area contributed by atoms with Gasteiger partial charge in [0.15, 0.2) is 9.84 Å². The Balaban J connectivity index is 2.97. The van der Waals surface area contributed by atoms with Crippen LogP contribution in [0, 0.1) is 19.8 Å². The van der Waals surface area contributed by atoms with E-state index in [4.69, 9.17) is 0 Å². The van der Waals surface area contributed by atoms with Gasteiger partial charge in [0, 0.05) is 0 Å². The van der Waals surface area contributed by atoms with Crippen molar-refractivity contribution in [2.75, 3.05) is 7.11 Å². The molecule has 0 spiro atoms. The van der Waals surface area contributed by atoms with Gasteiger partial charge in [-0.05, 0) is 26.3 Å². The zero-order chi connectivity index (χ0) is 15.5. The van der Waals surface area contributed by atoms with Gasteiger partial charge in [0.2, 0.25) is 0 Å². The van der Waals surface area contributed by atoms with Crippen molar-refractivity contribution in [3.05, 3.63) is 34.9 Å². The lowest BCUT2D eigenvalue weighted by atomic mass is 10.1. The summed E-state index contributed by atoms with van der Waals surface area (Å²) in [5.74, 6) is -1.23. The van der Waals surface area contributed by atoms with Crippen molar-refractivity contribution in [1.82, 2.24) is 0 Å². The molecule has 20 heavy (non-hydrogen) atoms. The fourth-order valence-electron chi connectivity index (χ4n) is 2.20. The topological polar surface area (TPSA) is 60.4 Å². The molecule has 0 aliphatic carbocycles. The maximum atomic E-state index is 12.4. The molecule has 0 amide bonds. The number of hydrogen-bond acceptors (Lipinski definition) is 4. The maximum Gasteiger partial charge on any atom is 0.309 e. The number of sulfone groups is 1. The molecule has 0 aliphatic heterocycles. The van der Waals surface area contributed by atoms with Gasteiger partial charge in [-0.15, -0.1) is 0 Å². The van der Waals surface area contributed by atoms with E-state index in [0.29, 0.717) is 0 Å². The van der Waals surface area contributed by atoms with E-state index >= 15 is 0 Å². The van der Waals surface area contributed by atoms with Gasteiger partial charge < -0.3 is 4.74 Å². The summed E-state index contributed by atoms with van der Waals surface area (Å²) in [5, 5.41) is -0.768. The fourth-order valence-corrected chi connectivity index (χ4v) is 3.83. The second-order valence-corrected chi connectivity index (χ2v) is 7.68. The Morgan fingerprint density at radius 3 is 2.10 bits per heavy atom. The molecule has 0 aromatic heterocycles. The Hall–Kier alpha value is -1.36. The maximum absolute atomic E-state index is 12.4. The van der Waals surface area contributed by atoms with E-state index in [9.17, 15) is 13.2 Å². The third kappa shape index (κ3) is 4.07. The van der Waals surface area contributed by atoms with Gasteiger partial charge >= 0.3 is 5.97 Å². The average molecular weight is 298 g/mol. The number of carbonyl (C=O) groups is 1. The molecule has 1 rings (SSSR count). The molecule has 0 bridgehead atoms. The van der Waals surface area contributed by atoms with Gasteiger partial charge in [-0.1, -0.05) is 36.2 Å². The molecule has 4 nitrogen and oxygen atoms in total. The number of methoxy groups -OCH3 is 1. The van der Waals surface area contributed by atoms with E-state index < -0.39 is 27.0 Å². The van der Waals surface area contributed by atoms with Gasteiger partial charge in [0.1, 0.15) is 0 Å². The second-order valence-electron chi connectivity index (χ2n) is 5.32. The first-order valence-corrected chi connectivity index (χ1v) is 8.25. The highest BCUT2D eigenvalue weighted by Crippen LogP contribution is 2.20. The predicted octanol–water partition coefficient (Wildman–Crippen LogP) is 2.42. The summed E-state index contributed by atoms with van der Waals surface area (Å²) in [4.78, 5) is 11.5. The number of hydrogen-bond donors (Lipinski definition) is 0. The lowest BCUT2D eigenvalue weighted by molar-refractivity contribution is -0.144. The van der Waals surface area contributed by atoms with E-state index in [0.717, 1.165) is 16.7 Å². The number of esters is 1. The van der Waals surface area contributed by atoms with E-state index in [-0.39, 0.29) is 5.75 Å². The van der Waals surface area contributed by atoms with Crippen LogP contribution in [0.1, 0.15) is 30.5 Å². The van der Waals surface area contributed by atoms with Crippen LogP contribution in [0.25, 0.3) is 0 Å². The average Bonchev–Trinajstić information content (AvgIpc) is 2.34. The lowest BCUT2D eigenvalue weighted by Crippen LogP contribution is -2.32. The standard InChI is InChI=1S/C15H22O4S/c1-10-6-11(2)8-14(7-10)9-20(17,18)13(4)12(3)15(16)19-5/h6-8,12-13H,9H2,1-5H3. The SMILES string of the molecule is COC(=O)C(C)C(C)S(=O)(=O)Cc1cc(C)cc(C)c1. The molecule has 0 aliphatic rings. The predicted molar refractivity (Wildman–Crippen MR) is 79.2 cm³/mol. The third-order valence-electron chi connectivity index (χ3n) is 3.49. The molecule has 2 atom stereocenters. The first kappa shape index (κ1) is 16.7. The monoisotopic (exact) mass is 298 g/mol. The van der Waals surface area contributed by atoms with E-state index in [1.54, 1.807) is 13.8 Å². The van der Waals surface area contributed by atoms with Crippen molar-refractivity contribution in [3.8, 4) is 0 Å². The van der Waals surface area contributed by atoms with Crippen LogP contribution in [0.15, 0.2) is 18.2 Å². The van der Waals surface area contributed by atoms with Crippen molar-refractivity contribution in [2.45, 2.75) is 38.7 Å². The zero-order valence-electron chi connectivity index (χ0n) is 12.6.